The summed E-state index contributed by atoms with van der Waals surface area (Å²) < 4.78 is 15.2. The maximum absolute atomic E-state index is 13.7. The van der Waals surface area contributed by atoms with Gasteiger partial charge in [-0.3, -0.25) is 14.3 Å². The third-order valence-corrected chi connectivity index (χ3v) is 5.28. The Morgan fingerprint density at radius 2 is 1.69 bits per heavy atom. The fraction of sp³-hybridized carbons (Fsp3) is 0. The average molecular weight is 401 g/mol. The highest BCUT2D eigenvalue weighted by molar-refractivity contribution is 6.30. The summed E-state index contributed by atoms with van der Waals surface area (Å²) in [5.74, 6) is -0.526. The molecule has 0 bridgehead atoms. The van der Waals surface area contributed by atoms with Crippen LogP contribution < -0.4 is 5.56 Å². The molecule has 0 amide bonds. The number of benzene rings is 3. The van der Waals surface area contributed by atoms with Gasteiger partial charge in [0.1, 0.15) is 5.82 Å². The van der Waals surface area contributed by atoms with Gasteiger partial charge >= 0.3 is 0 Å². The highest BCUT2D eigenvalue weighted by atomic mass is 35.5. The second-order valence-electron chi connectivity index (χ2n) is 6.77. The van der Waals surface area contributed by atoms with Crippen LogP contribution in [0.4, 0.5) is 4.39 Å². The number of aromatic nitrogens is 2. The molecule has 0 atom stereocenters. The molecule has 0 spiro atoms. The van der Waals surface area contributed by atoms with E-state index in [9.17, 15) is 9.18 Å². The van der Waals surface area contributed by atoms with Crippen LogP contribution in [0, 0.1) is 5.82 Å². The first-order valence-corrected chi connectivity index (χ1v) is 9.45. The molecule has 0 aliphatic carbocycles. The Kier molecular flexibility index (Phi) is 4.14. The first-order chi connectivity index (χ1) is 14.1. The monoisotopic (exact) mass is 400 g/mol. The minimum Gasteiger partial charge on any atom is -0.276 e. The number of hydrogen-bond acceptors (Lipinski definition) is 2. The van der Waals surface area contributed by atoms with Crippen LogP contribution in [0.3, 0.4) is 0 Å². The highest BCUT2D eigenvalue weighted by Gasteiger charge is 2.12. The van der Waals surface area contributed by atoms with Gasteiger partial charge in [0.15, 0.2) is 0 Å². The number of fused-ring (bicyclic) bond motifs is 3. The Morgan fingerprint density at radius 3 is 2.48 bits per heavy atom. The number of nitrogens with zero attached hydrogens (tertiary/aromatic N) is 2. The van der Waals surface area contributed by atoms with Crippen molar-refractivity contribution in [2.75, 3.05) is 0 Å². The van der Waals surface area contributed by atoms with E-state index in [-0.39, 0.29) is 10.6 Å². The number of halogens is 2. The van der Waals surface area contributed by atoms with E-state index in [1.54, 1.807) is 22.9 Å². The van der Waals surface area contributed by atoms with E-state index >= 15 is 0 Å². The van der Waals surface area contributed by atoms with Crippen molar-refractivity contribution in [3.05, 3.63) is 106 Å². The van der Waals surface area contributed by atoms with Crippen molar-refractivity contribution in [2.24, 2.45) is 0 Å². The van der Waals surface area contributed by atoms with Crippen LogP contribution in [0.2, 0.25) is 5.02 Å². The topological polar surface area (TPSA) is 34.9 Å². The summed E-state index contributed by atoms with van der Waals surface area (Å²) in [7, 11) is 0. The zero-order chi connectivity index (χ0) is 20.0. The molecule has 0 fully saturated rings. The second kappa shape index (κ2) is 6.83. The van der Waals surface area contributed by atoms with Gasteiger partial charge in [-0.1, -0.05) is 48.0 Å². The van der Waals surface area contributed by atoms with Gasteiger partial charge in [0, 0.05) is 23.0 Å². The largest absolute Gasteiger partial charge is 0.276 e. The molecule has 2 heterocycles. The minimum absolute atomic E-state index is 0.0326. The van der Waals surface area contributed by atoms with E-state index in [1.807, 2.05) is 48.5 Å². The molecule has 5 rings (SSSR count). The molecule has 0 saturated carbocycles. The quantitative estimate of drug-likeness (QED) is 0.341. The van der Waals surface area contributed by atoms with Crippen molar-refractivity contribution in [1.82, 2.24) is 9.55 Å². The summed E-state index contributed by atoms with van der Waals surface area (Å²) in [6.45, 7) is 0. The van der Waals surface area contributed by atoms with Crippen LogP contribution in [0.1, 0.15) is 0 Å². The lowest BCUT2D eigenvalue weighted by molar-refractivity contribution is 0.628. The SMILES string of the molecule is O=c1ccc2cnc3ccc(-c4ccccc4)cc3c2n1-c1ccc(F)c(Cl)c1. The molecule has 5 aromatic rings. The van der Waals surface area contributed by atoms with E-state index in [2.05, 4.69) is 4.98 Å². The van der Waals surface area contributed by atoms with Crippen LogP contribution >= 0.6 is 11.6 Å². The van der Waals surface area contributed by atoms with E-state index in [0.717, 1.165) is 27.4 Å². The van der Waals surface area contributed by atoms with Crippen LogP contribution in [0.25, 0.3) is 38.6 Å². The zero-order valence-corrected chi connectivity index (χ0v) is 15.9. The summed E-state index contributed by atoms with van der Waals surface area (Å²) in [5, 5.41) is 1.61. The second-order valence-corrected chi connectivity index (χ2v) is 7.17. The van der Waals surface area contributed by atoms with Crippen LogP contribution in [0.15, 0.2) is 89.9 Å². The van der Waals surface area contributed by atoms with Crippen molar-refractivity contribution < 1.29 is 4.39 Å². The molecule has 140 valence electrons. The van der Waals surface area contributed by atoms with Gasteiger partial charge in [-0.15, -0.1) is 0 Å². The molecule has 5 heteroatoms. The van der Waals surface area contributed by atoms with Crippen molar-refractivity contribution in [3.8, 4) is 16.8 Å². The average Bonchev–Trinajstić information content (AvgIpc) is 2.76. The van der Waals surface area contributed by atoms with Gasteiger partial charge in [-0.25, -0.2) is 4.39 Å². The summed E-state index contributed by atoms with van der Waals surface area (Å²) >= 11 is 5.99. The molecule has 0 aliphatic heterocycles. The van der Waals surface area contributed by atoms with Gasteiger partial charge < -0.3 is 0 Å². The third-order valence-electron chi connectivity index (χ3n) is 4.99. The van der Waals surface area contributed by atoms with E-state index in [1.165, 1.54) is 18.2 Å². The van der Waals surface area contributed by atoms with E-state index in [0.29, 0.717) is 11.2 Å². The molecule has 2 aromatic heterocycles. The number of rotatable bonds is 2. The molecule has 0 aliphatic rings. The number of pyridine rings is 2. The summed E-state index contributed by atoms with van der Waals surface area (Å²) in [4.78, 5) is 17.4. The Hall–Kier alpha value is -3.50. The van der Waals surface area contributed by atoms with Gasteiger partial charge in [0.25, 0.3) is 5.56 Å². The van der Waals surface area contributed by atoms with E-state index in [4.69, 9.17) is 11.6 Å². The summed E-state index contributed by atoms with van der Waals surface area (Å²) in [5.41, 5.74) is 3.85. The standard InChI is InChI=1S/C24H14ClFN2O/c25-20-13-18(8-9-21(20)26)28-23(29)11-7-17-14-27-22-10-6-16(12-19(22)24(17)28)15-4-2-1-3-5-15/h1-14H. The molecule has 0 saturated heterocycles. The molecule has 0 radical (unpaired) electrons. The smallest absolute Gasteiger partial charge is 0.255 e. The zero-order valence-electron chi connectivity index (χ0n) is 15.1. The van der Waals surface area contributed by atoms with E-state index < -0.39 is 5.82 Å². The van der Waals surface area contributed by atoms with Crippen molar-refractivity contribution in [2.45, 2.75) is 0 Å². The predicted octanol–water partition coefficient (Wildman–Crippen LogP) is 6.00. The summed E-state index contributed by atoms with van der Waals surface area (Å²) in [6, 6.07) is 23.5. The Bertz CT molecular complexity index is 1440. The van der Waals surface area contributed by atoms with Crippen LogP contribution in [-0.2, 0) is 0 Å². The van der Waals surface area contributed by atoms with Crippen molar-refractivity contribution in [3.63, 3.8) is 0 Å². The molecular weight excluding hydrogens is 387 g/mol. The first kappa shape index (κ1) is 17.6. The Morgan fingerprint density at radius 1 is 0.862 bits per heavy atom. The maximum atomic E-state index is 13.7. The minimum atomic E-state index is -0.526. The van der Waals surface area contributed by atoms with Gasteiger partial charge in [0.2, 0.25) is 0 Å². The van der Waals surface area contributed by atoms with Gasteiger partial charge in [-0.05, 0) is 47.5 Å². The first-order valence-electron chi connectivity index (χ1n) is 9.07. The van der Waals surface area contributed by atoms with Crippen molar-refractivity contribution >= 4 is 33.4 Å². The van der Waals surface area contributed by atoms with Gasteiger partial charge in [0.05, 0.1) is 21.7 Å². The molecule has 3 nitrogen and oxygen atoms in total. The van der Waals surface area contributed by atoms with Gasteiger partial charge in [-0.2, -0.15) is 0 Å². The van der Waals surface area contributed by atoms with Crippen LogP contribution in [0.5, 0.6) is 0 Å². The normalized spacial score (nSPS) is 11.2. The molecule has 3 aromatic carbocycles. The summed E-state index contributed by atoms with van der Waals surface area (Å²) in [6.07, 6.45) is 1.74. The lowest BCUT2D eigenvalue weighted by atomic mass is 10.0. The maximum Gasteiger partial charge on any atom is 0.255 e. The molecule has 29 heavy (non-hydrogen) atoms. The molecule has 0 N–H and O–H groups in total. The number of hydrogen-bond donors (Lipinski definition) is 0. The third kappa shape index (κ3) is 2.98. The Labute approximate surface area is 170 Å². The fourth-order valence-corrected chi connectivity index (χ4v) is 3.78. The fourth-order valence-electron chi connectivity index (χ4n) is 3.60. The lowest BCUT2D eigenvalue weighted by Gasteiger charge is -2.14. The molecule has 0 unspecified atom stereocenters. The van der Waals surface area contributed by atoms with Crippen molar-refractivity contribution in [1.29, 1.82) is 0 Å². The van der Waals surface area contributed by atoms with Crippen LogP contribution in [-0.4, -0.2) is 9.55 Å². The highest BCUT2D eigenvalue weighted by Crippen LogP contribution is 2.30. The predicted molar refractivity (Wildman–Crippen MR) is 115 cm³/mol. The molecular formula is C24H14ClFN2O. The lowest BCUT2D eigenvalue weighted by Crippen LogP contribution is -2.17. The Balaban J connectivity index is 1.89.